The van der Waals surface area contributed by atoms with E-state index in [-0.39, 0.29) is 10.6 Å². The normalized spacial score (nSPS) is 28.0. The van der Waals surface area contributed by atoms with Crippen molar-refractivity contribution >= 4 is 11.5 Å². The van der Waals surface area contributed by atoms with E-state index in [1.807, 2.05) is 11.6 Å². The van der Waals surface area contributed by atoms with Crippen molar-refractivity contribution in [3.05, 3.63) is 15.8 Å². The highest BCUT2D eigenvalue weighted by molar-refractivity contribution is 5.61. The van der Waals surface area contributed by atoms with Gasteiger partial charge in [-0.2, -0.15) is 5.10 Å². The van der Waals surface area contributed by atoms with E-state index in [9.17, 15) is 10.1 Å². The molecule has 0 unspecified atom stereocenters. The van der Waals surface area contributed by atoms with E-state index < -0.39 is 0 Å². The number of nitrogens with zero attached hydrogens (tertiary/aromatic N) is 5. The third kappa shape index (κ3) is 2.59. The lowest BCUT2D eigenvalue weighted by atomic mass is 9.83. The molecule has 7 nitrogen and oxygen atoms in total. The molecular weight excluding hydrogens is 306 g/mol. The summed E-state index contributed by atoms with van der Waals surface area (Å²) < 4.78 is 1.81. The van der Waals surface area contributed by atoms with Crippen molar-refractivity contribution in [3.8, 4) is 0 Å². The Morgan fingerprint density at radius 3 is 2.71 bits per heavy atom. The van der Waals surface area contributed by atoms with Gasteiger partial charge in [-0.3, -0.25) is 15.0 Å². The van der Waals surface area contributed by atoms with Crippen LogP contribution in [0.5, 0.6) is 0 Å². The van der Waals surface area contributed by atoms with E-state index in [0.29, 0.717) is 24.2 Å². The molecule has 4 rings (SSSR count). The van der Waals surface area contributed by atoms with Gasteiger partial charge in [-0.05, 0) is 58.4 Å². The van der Waals surface area contributed by atoms with Crippen LogP contribution in [0.2, 0.25) is 0 Å². The van der Waals surface area contributed by atoms with Crippen LogP contribution in [-0.2, 0) is 6.54 Å². The minimum Gasteiger partial charge on any atom is -0.351 e. The summed E-state index contributed by atoms with van der Waals surface area (Å²) in [4.78, 5) is 16.3. The van der Waals surface area contributed by atoms with Gasteiger partial charge in [0.2, 0.25) is 5.82 Å². The maximum Gasteiger partial charge on any atom is 0.333 e. The zero-order chi connectivity index (χ0) is 16.8. The van der Waals surface area contributed by atoms with Crippen LogP contribution in [-0.4, -0.2) is 51.3 Å². The summed E-state index contributed by atoms with van der Waals surface area (Å²) in [6.07, 6.45) is 6.35. The number of nitro groups is 1. The molecule has 24 heavy (non-hydrogen) atoms. The Hall–Kier alpha value is -1.63. The molecule has 2 aliphatic heterocycles. The molecule has 3 aliphatic rings. The fourth-order valence-electron chi connectivity index (χ4n) is 4.80. The van der Waals surface area contributed by atoms with Gasteiger partial charge >= 0.3 is 5.69 Å². The number of likely N-dealkylation sites (tertiary alicyclic amines) is 1. The first-order chi connectivity index (χ1) is 11.6. The number of hydrogen-bond acceptors (Lipinski definition) is 5. The average Bonchev–Trinajstić information content (AvgIpc) is 3.36. The van der Waals surface area contributed by atoms with Gasteiger partial charge in [0.25, 0.3) is 0 Å². The third-order valence-corrected chi connectivity index (χ3v) is 5.98. The van der Waals surface area contributed by atoms with Gasteiger partial charge in [-0.25, -0.2) is 4.68 Å². The molecule has 0 N–H and O–H groups in total. The minimum absolute atomic E-state index is 0.199. The Morgan fingerprint density at radius 2 is 2.04 bits per heavy atom. The molecule has 2 saturated heterocycles. The number of aryl methyl sites for hydroxylation is 2. The molecule has 0 aromatic carbocycles. The molecule has 7 heteroatoms. The lowest BCUT2D eigenvalue weighted by molar-refractivity contribution is -0.384. The van der Waals surface area contributed by atoms with Crippen molar-refractivity contribution in [3.63, 3.8) is 0 Å². The summed E-state index contributed by atoms with van der Waals surface area (Å²) in [6, 6.07) is 1.50. The maximum absolute atomic E-state index is 11.6. The number of hydrogen-bond donors (Lipinski definition) is 0. The van der Waals surface area contributed by atoms with Gasteiger partial charge < -0.3 is 4.90 Å². The Labute approximate surface area is 142 Å². The average molecular weight is 333 g/mol. The first kappa shape index (κ1) is 15.9. The summed E-state index contributed by atoms with van der Waals surface area (Å²) in [7, 11) is 0. The van der Waals surface area contributed by atoms with Crippen molar-refractivity contribution in [2.75, 3.05) is 24.5 Å². The minimum atomic E-state index is -0.257. The zero-order valence-electron chi connectivity index (χ0n) is 14.6. The van der Waals surface area contributed by atoms with E-state index in [0.717, 1.165) is 31.4 Å². The lowest BCUT2D eigenvalue weighted by Gasteiger charge is -2.47. The number of piperidine rings is 2. The summed E-state index contributed by atoms with van der Waals surface area (Å²) in [6.45, 7) is 7.49. The second kappa shape index (κ2) is 6.02. The first-order valence-electron chi connectivity index (χ1n) is 9.32. The van der Waals surface area contributed by atoms with Gasteiger partial charge in [0.05, 0.1) is 4.92 Å². The van der Waals surface area contributed by atoms with E-state index in [4.69, 9.17) is 0 Å². The molecule has 3 fully saturated rings. The van der Waals surface area contributed by atoms with Crippen LogP contribution in [0.25, 0.3) is 0 Å². The van der Waals surface area contributed by atoms with Crippen molar-refractivity contribution in [1.82, 2.24) is 14.7 Å². The Morgan fingerprint density at radius 1 is 1.25 bits per heavy atom. The maximum atomic E-state index is 11.6. The van der Waals surface area contributed by atoms with Crippen LogP contribution in [0.15, 0.2) is 0 Å². The van der Waals surface area contributed by atoms with Gasteiger partial charge in [0.1, 0.15) is 5.69 Å². The lowest BCUT2D eigenvalue weighted by Crippen LogP contribution is -2.55. The topological polar surface area (TPSA) is 67.4 Å². The molecule has 1 aliphatic carbocycles. The molecule has 0 bridgehead atoms. The van der Waals surface area contributed by atoms with E-state index in [1.54, 1.807) is 6.92 Å². The Kier molecular flexibility index (Phi) is 3.98. The predicted octanol–water partition coefficient (Wildman–Crippen LogP) is 2.57. The molecule has 132 valence electrons. The number of anilines is 1. The molecule has 3 heterocycles. The SMILES string of the molecule is CCn1nc(C)c([N+](=O)[O-])c1N1CC[C@H]2[C@H](CCCN2C2CC2)C1. The van der Waals surface area contributed by atoms with Crippen molar-refractivity contribution < 1.29 is 4.92 Å². The van der Waals surface area contributed by atoms with Gasteiger partial charge in [-0.1, -0.05) is 0 Å². The van der Waals surface area contributed by atoms with Gasteiger partial charge in [0, 0.05) is 31.7 Å². The van der Waals surface area contributed by atoms with Crippen LogP contribution < -0.4 is 4.90 Å². The molecular formula is C17H27N5O2. The molecule has 2 atom stereocenters. The molecule has 0 amide bonds. The van der Waals surface area contributed by atoms with E-state index >= 15 is 0 Å². The molecule has 1 saturated carbocycles. The van der Waals surface area contributed by atoms with E-state index in [2.05, 4.69) is 14.9 Å². The largest absolute Gasteiger partial charge is 0.351 e. The van der Waals surface area contributed by atoms with Crippen LogP contribution in [0.4, 0.5) is 11.5 Å². The highest BCUT2D eigenvalue weighted by atomic mass is 16.6. The molecule has 1 aromatic rings. The van der Waals surface area contributed by atoms with Crippen LogP contribution in [0, 0.1) is 23.0 Å². The summed E-state index contributed by atoms with van der Waals surface area (Å²) in [5, 5.41) is 16.0. The van der Waals surface area contributed by atoms with Crippen molar-refractivity contribution in [2.45, 2.75) is 64.6 Å². The Balaban J connectivity index is 1.59. The van der Waals surface area contributed by atoms with Gasteiger partial charge in [-0.15, -0.1) is 0 Å². The van der Waals surface area contributed by atoms with Crippen molar-refractivity contribution in [1.29, 1.82) is 0 Å². The Bertz CT molecular complexity index is 639. The third-order valence-electron chi connectivity index (χ3n) is 5.98. The smallest absolute Gasteiger partial charge is 0.333 e. The summed E-state index contributed by atoms with van der Waals surface area (Å²) in [5.74, 6) is 1.36. The quantitative estimate of drug-likeness (QED) is 0.626. The summed E-state index contributed by atoms with van der Waals surface area (Å²) in [5.41, 5.74) is 0.729. The van der Waals surface area contributed by atoms with Crippen molar-refractivity contribution in [2.24, 2.45) is 5.92 Å². The second-order valence-corrected chi connectivity index (χ2v) is 7.50. The summed E-state index contributed by atoms with van der Waals surface area (Å²) >= 11 is 0. The number of aromatic nitrogens is 2. The zero-order valence-corrected chi connectivity index (χ0v) is 14.6. The fraction of sp³-hybridized carbons (Fsp3) is 0.824. The highest BCUT2D eigenvalue weighted by Gasteiger charge is 2.43. The standard InChI is InChI=1S/C17H27N5O2/c1-3-21-17(16(22(23)24)12(2)18-21)19-10-8-15-13(11-19)5-4-9-20(15)14-6-7-14/h13-15H,3-11H2,1-2H3/t13-,15+/m1/s1. The monoisotopic (exact) mass is 333 g/mol. The van der Waals surface area contributed by atoms with Gasteiger partial charge in [0.15, 0.2) is 0 Å². The number of fused-ring (bicyclic) bond motifs is 1. The van der Waals surface area contributed by atoms with Crippen LogP contribution in [0.1, 0.15) is 44.7 Å². The highest BCUT2D eigenvalue weighted by Crippen LogP contribution is 2.41. The second-order valence-electron chi connectivity index (χ2n) is 7.50. The number of rotatable bonds is 4. The van der Waals surface area contributed by atoms with Crippen LogP contribution >= 0.6 is 0 Å². The van der Waals surface area contributed by atoms with Crippen LogP contribution in [0.3, 0.4) is 0 Å². The predicted molar refractivity (Wildman–Crippen MR) is 92.4 cm³/mol. The van der Waals surface area contributed by atoms with E-state index in [1.165, 1.54) is 32.2 Å². The fourth-order valence-corrected chi connectivity index (χ4v) is 4.80. The molecule has 1 aromatic heterocycles. The first-order valence-corrected chi connectivity index (χ1v) is 9.32. The molecule has 0 spiro atoms. The molecule has 0 radical (unpaired) electrons.